The summed E-state index contributed by atoms with van der Waals surface area (Å²) in [6.45, 7) is 1.17. The van der Waals surface area contributed by atoms with Crippen LogP contribution < -0.4 is 16.7 Å². The van der Waals surface area contributed by atoms with E-state index in [4.69, 9.17) is 5.73 Å². The van der Waals surface area contributed by atoms with E-state index in [0.29, 0.717) is 18.7 Å². The van der Waals surface area contributed by atoms with Crippen molar-refractivity contribution >= 4 is 11.6 Å². The summed E-state index contributed by atoms with van der Waals surface area (Å²) in [6.07, 6.45) is 1.99. The largest absolute Gasteiger partial charge is 0.351 e. The van der Waals surface area contributed by atoms with Gasteiger partial charge < -0.3 is 11.1 Å². The molecule has 0 spiro atoms. The molecule has 1 amide bonds. The van der Waals surface area contributed by atoms with Gasteiger partial charge >= 0.3 is 5.69 Å². The Labute approximate surface area is 176 Å². The lowest BCUT2D eigenvalue weighted by Crippen LogP contribution is -2.26. The molecule has 0 saturated heterocycles. The van der Waals surface area contributed by atoms with Crippen molar-refractivity contribution in [2.45, 2.75) is 26.3 Å². The fraction of sp³-hybridized carbons (Fsp3) is 0.238. The van der Waals surface area contributed by atoms with Gasteiger partial charge in [-0.25, -0.2) is 19.0 Å². The SMILES string of the molecule is Cc1cc(-c2ccnc(-n3cnn(CC(CN)=C(F)F)c3=O)c2)cc2c1NC(=O)CC2. The molecule has 0 aliphatic carbocycles. The molecule has 3 N–H and O–H groups in total. The topological polar surface area (TPSA) is 108 Å². The number of halogens is 2. The first-order valence-electron chi connectivity index (χ1n) is 9.65. The third kappa shape index (κ3) is 4.02. The van der Waals surface area contributed by atoms with Gasteiger partial charge in [0, 0.05) is 30.4 Å². The molecule has 1 aliphatic heterocycles. The number of amides is 1. The first-order valence-corrected chi connectivity index (χ1v) is 9.65. The van der Waals surface area contributed by atoms with Gasteiger partial charge in [-0.15, -0.1) is 0 Å². The molecule has 1 aliphatic rings. The predicted octanol–water partition coefficient (Wildman–Crippen LogP) is 2.40. The summed E-state index contributed by atoms with van der Waals surface area (Å²) in [7, 11) is 0. The van der Waals surface area contributed by atoms with Crippen LogP contribution in [0.15, 0.2) is 53.2 Å². The number of rotatable bonds is 5. The maximum absolute atomic E-state index is 12.9. The number of aryl methyl sites for hydroxylation is 2. The van der Waals surface area contributed by atoms with Crippen LogP contribution in [-0.4, -0.2) is 31.8 Å². The van der Waals surface area contributed by atoms with E-state index < -0.39 is 11.8 Å². The lowest BCUT2D eigenvalue weighted by atomic mass is 9.94. The average Bonchev–Trinajstić information content (AvgIpc) is 3.12. The Morgan fingerprint density at radius 2 is 2.00 bits per heavy atom. The maximum atomic E-state index is 12.9. The van der Waals surface area contributed by atoms with Crippen molar-refractivity contribution in [3.05, 3.63) is 70.1 Å². The molecule has 3 heterocycles. The van der Waals surface area contributed by atoms with E-state index in [9.17, 15) is 18.4 Å². The number of hydrogen-bond donors (Lipinski definition) is 2. The highest BCUT2D eigenvalue weighted by Gasteiger charge is 2.18. The molecular weight excluding hydrogens is 406 g/mol. The molecule has 160 valence electrons. The van der Waals surface area contributed by atoms with Gasteiger partial charge in [-0.2, -0.15) is 13.9 Å². The summed E-state index contributed by atoms with van der Waals surface area (Å²) in [5.41, 5.74) is 8.95. The van der Waals surface area contributed by atoms with Crippen LogP contribution in [0.3, 0.4) is 0 Å². The number of benzene rings is 1. The van der Waals surface area contributed by atoms with E-state index in [2.05, 4.69) is 15.4 Å². The zero-order valence-electron chi connectivity index (χ0n) is 16.7. The molecular formula is C21H20F2N6O2. The Balaban J connectivity index is 1.69. The second kappa shape index (κ2) is 8.23. The lowest BCUT2D eigenvalue weighted by molar-refractivity contribution is -0.116. The van der Waals surface area contributed by atoms with Crippen molar-refractivity contribution < 1.29 is 13.6 Å². The molecule has 31 heavy (non-hydrogen) atoms. The average molecular weight is 426 g/mol. The Morgan fingerprint density at radius 3 is 2.74 bits per heavy atom. The Kier molecular flexibility index (Phi) is 5.47. The minimum absolute atomic E-state index is 0.00575. The summed E-state index contributed by atoms with van der Waals surface area (Å²) in [5, 5.41) is 6.82. The van der Waals surface area contributed by atoms with Crippen molar-refractivity contribution in [3.8, 4) is 16.9 Å². The molecule has 1 aromatic carbocycles. The lowest BCUT2D eigenvalue weighted by Gasteiger charge is -2.20. The Bertz CT molecular complexity index is 1260. The van der Waals surface area contributed by atoms with Crippen molar-refractivity contribution in [2.75, 3.05) is 11.9 Å². The standard InChI is InChI=1S/C21H20F2N6O2/c1-12-6-15(7-14-2-3-18(30)27-19(12)14)13-4-5-25-17(8-13)28-11-26-29(21(28)31)10-16(9-24)20(22)23/h4-8,11H,2-3,9-10,24H2,1H3,(H,27,30). The van der Waals surface area contributed by atoms with Crippen LogP contribution in [0.4, 0.5) is 14.5 Å². The fourth-order valence-electron chi connectivity index (χ4n) is 3.57. The number of nitrogens with one attached hydrogen (secondary N) is 1. The van der Waals surface area contributed by atoms with Crippen LogP contribution in [0, 0.1) is 6.92 Å². The Hall–Kier alpha value is -3.66. The van der Waals surface area contributed by atoms with Gasteiger partial charge in [0.05, 0.1) is 6.54 Å². The molecule has 0 radical (unpaired) electrons. The monoisotopic (exact) mass is 426 g/mol. The molecule has 3 aromatic rings. The normalized spacial score (nSPS) is 13.0. The number of hydrogen-bond acceptors (Lipinski definition) is 5. The van der Waals surface area contributed by atoms with Crippen molar-refractivity contribution in [2.24, 2.45) is 5.73 Å². The molecule has 2 aromatic heterocycles. The summed E-state index contributed by atoms with van der Waals surface area (Å²) >= 11 is 0. The zero-order chi connectivity index (χ0) is 22.1. The van der Waals surface area contributed by atoms with E-state index in [-0.39, 0.29) is 24.6 Å². The van der Waals surface area contributed by atoms with Gasteiger partial charge in [0.25, 0.3) is 6.08 Å². The van der Waals surface area contributed by atoms with Crippen LogP contribution in [0.25, 0.3) is 16.9 Å². The van der Waals surface area contributed by atoms with Crippen LogP contribution in [0.5, 0.6) is 0 Å². The number of pyridine rings is 1. The summed E-state index contributed by atoms with van der Waals surface area (Å²) in [6, 6.07) is 7.51. The van der Waals surface area contributed by atoms with E-state index in [1.54, 1.807) is 12.3 Å². The van der Waals surface area contributed by atoms with Gasteiger partial charge in [0.15, 0.2) is 0 Å². The van der Waals surface area contributed by atoms with Crippen LogP contribution >= 0.6 is 0 Å². The third-order valence-corrected chi connectivity index (χ3v) is 5.22. The van der Waals surface area contributed by atoms with E-state index in [1.165, 1.54) is 10.9 Å². The minimum atomic E-state index is -1.91. The highest BCUT2D eigenvalue weighted by atomic mass is 19.3. The van der Waals surface area contributed by atoms with Crippen LogP contribution in [-0.2, 0) is 17.8 Å². The maximum Gasteiger partial charge on any atom is 0.351 e. The fourth-order valence-corrected chi connectivity index (χ4v) is 3.57. The molecule has 10 heteroatoms. The number of carbonyl (C=O) groups is 1. The number of anilines is 1. The smallest absolute Gasteiger partial charge is 0.327 e. The summed E-state index contributed by atoms with van der Waals surface area (Å²) in [4.78, 5) is 28.6. The highest BCUT2D eigenvalue weighted by Crippen LogP contribution is 2.32. The highest BCUT2D eigenvalue weighted by molar-refractivity contribution is 5.95. The van der Waals surface area contributed by atoms with E-state index in [0.717, 1.165) is 32.6 Å². The number of aromatic nitrogens is 4. The third-order valence-electron chi connectivity index (χ3n) is 5.22. The molecule has 0 saturated carbocycles. The second-order valence-corrected chi connectivity index (χ2v) is 7.29. The molecule has 0 unspecified atom stereocenters. The number of nitrogens with two attached hydrogens (primary N) is 1. The first kappa shape index (κ1) is 20.6. The van der Waals surface area contributed by atoms with Crippen molar-refractivity contribution in [1.82, 2.24) is 19.3 Å². The molecule has 8 nitrogen and oxygen atoms in total. The Morgan fingerprint density at radius 1 is 1.19 bits per heavy atom. The van der Waals surface area contributed by atoms with Gasteiger partial charge in [0.2, 0.25) is 5.91 Å². The van der Waals surface area contributed by atoms with Gasteiger partial charge in [0.1, 0.15) is 12.1 Å². The number of fused-ring (bicyclic) bond motifs is 1. The summed E-state index contributed by atoms with van der Waals surface area (Å²) < 4.78 is 27.9. The van der Waals surface area contributed by atoms with E-state index in [1.807, 2.05) is 25.1 Å². The van der Waals surface area contributed by atoms with Gasteiger partial charge in [-0.1, -0.05) is 0 Å². The van der Waals surface area contributed by atoms with E-state index >= 15 is 0 Å². The molecule has 0 atom stereocenters. The molecule has 4 rings (SSSR count). The first-order chi connectivity index (χ1) is 14.9. The van der Waals surface area contributed by atoms with Crippen LogP contribution in [0.1, 0.15) is 17.5 Å². The van der Waals surface area contributed by atoms with Gasteiger partial charge in [-0.05, 0) is 59.9 Å². The number of carbonyl (C=O) groups excluding carboxylic acids is 1. The summed E-state index contributed by atoms with van der Waals surface area (Å²) in [5.74, 6) is 0.322. The predicted molar refractivity (Wildman–Crippen MR) is 111 cm³/mol. The minimum Gasteiger partial charge on any atom is -0.327 e. The number of nitrogens with zero attached hydrogens (tertiary/aromatic N) is 4. The molecule has 0 fully saturated rings. The molecule has 0 bridgehead atoms. The van der Waals surface area contributed by atoms with Gasteiger partial charge in [-0.3, -0.25) is 4.79 Å². The second-order valence-electron chi connectivity index (χ2n) is 7.29. The zero-order valence-corrected chi connectivity index (χ0v) is 16.7. The van der Waals surface area contributed by atoms with Crippen molar-refractivity contribution in [1.29, 1.82) is 0 Å². The van der Waals surface area contributed by atoms with Crippen molar-refractivity contribution in [3.63, 3.8) is 0 Å². The van der Waals surface area contributed by atoms with Crippen LogP contribution in [0.2, 0.25) is 0 Å². The quantitative estimate of drug-likeness (QED) is 0.651.